The third kappa shape index (κ3) is 4.21. The highest BCUT2D eigenvalue weighted by atomic mass is 16.5. The van der Waals surface area contributed by atoms with E-state index >= 15 is 0 Å². The Morgan fingerprint density at radius 2 is 1.89 bits per heavy atom. The zero-order valence-electron chi connectivity index (χ0n) is 21.4. The van der Waals surface area contributed by atoms with Gasteiger partial charge in [0.25, 0.3) is 5.91 Å². The number of nitrogens with zero attached hydrogens (tertiary/aromatic N) is 4. The van der Waals surface area contributed by atoms with E-state index in [0.717, 1.165) is 38.6 Å². The van der Waals surface area contributed by atoms with E-state index in [1.54, 1.807) is 29.9 Å². The van der Waals surface area contributed by atoms with E-state index in [-0.39, 0.29) is 5.91 Å². The van der Waals surface area contributed by atoms with Crippen LogP contribution >= 0.6 is 0 Å². The van der Waals surface area contributed by atoms with Crippen molar-refractivity contribution in [3.8, 4) is 16.9 Å². The molecule has 0 atom stereocenters. The summed E-state index contributed by atoms with van der Waals surface area (Å²) in [7, 11) is 6.58. The molecule has 192 valence electrons. The molecule has 0 saturated carbocycles. The summed E-state index contributed by atoms with van der Waals surface area (Å²) in [6, 6.07) is 13.0. The van der Waals surface area contributed by atoms with Crippen LogP contribution in [0.5, 0.6) is 5.75 Å². The molecule has 3 N–H and O–H groups in total. The van der Waals surface area contributed by atoms with Gasteiger partial charge in [-0.1, -0.05) is 18.2 Å². The molecule has 1 amide bonds. The number of rotatable bonds is 6. The summed E-state index contributed by atoms with van der Waals surface area (Å²) in [6.45, 7) is 0. The van der Waals surface area contributed by atoms with Crippen molar-refractivity contribution in [1.29, 1.82) is 0 Å². The molecule has 10 nitrogen and oxygen atoms in total. The smallest absolute Gasteiger partial charge is 0.330 e. The molecule has 0 aliphatic heterocycles. The van der Waals surface area contributed by atoms with Crippen LogP contribution in [-0.2, 0) is 23.6 Å². The number of hydrogen-bond donors (Lipinski definition) is 2. The minimum Gasteiger partial charge on any atom is -0.495 e. The summed E-state index contributed by atoms with van der Waals surface area (Å²) in [5.74, 6) is 0.118. The van der Waals surface area contributed by atoms with Crippen LogP contribution in [0.1, 0.15) is 16.1 Å². The Morgan fingerprint density at radius 1 is 1.08 bits per heavy atom. The lowest BCUT2D eigenvalue weighted by atomic mass is 10.0. The third-order valence-electron chi connectivity index (χ3n) is 6.50. The van der Waals surface area contributed by atoms with Gasteiger partial charge in [0.2, 0.25) is 0 Å². The van der Waals surface area contributed by atoms with E-state index in [0.29, 0.717) is 22.9 Å². The van der Waals surface area contributed by atoms with Gasteiger partial charge in [0, 0.05) is 42.8 Å². The number of benzene rings is 2. The van der Waals surface area contributed by atoms with Crippen molar-refractivity contribution in [3.05, 3.63) is 72.3 Å². The Balaban J connectivity index is 1.48. The Morgan fingerprint density at radius 3 is 2.66 bits per heavy atom. The predicted molar refractivity (Wildman–Crippen MR) is 147 cm³/mol. The number of nitrogens with two attached hydrogens (primary N) is 1. The molecule has 10 heteroatoms. The first kappa shape index (κ1) is 24.6. The second-order valence-electron chi connectivity index (χ2n) is 8.71. The number of carbonyl (C=O) groups is 2. The molecule has 5 rings (SSSR count). The summed E-state index contributed by atoms with van der Waals surface area (Å²) >= 11 is 0. The van der Waals surface area contributed by atoms with Crippen molar-refractivity contribution >= 4 is 51.4 Å². The lowest BCUT2D eigenvalue weighted by molar-refractivity contribution is -0.134. The van der Waals surface area contributed by atoms with Gasteiger partial charge in [-0.15, -0.1) is 0 Å². The minimum atomic E-state index is -0.454. The first-order valence-corrected chi connectivity index (χ1v) is 11.7. The number of hydrogen-bond acceptors (Lipinski definition) is 7. The van der Waals surface area contributed by atoms with E-state index in [1.807, 2.05) is 55.2 Å². The highest BCUT2D eigenvalue weighted by Gasteiger charge is 2.19. The van der Waals surface area contributed by atoms with E-state index < -0.39 is 5.97 Å². The monoisotopic (exact) mass is 510 g/mol. The molecule has 3 heterocycles. The van der Waals surface area contributed by atoms with Crippen LogP contribution in [0.25, 0.3) is 39.1 Å². The van der Waals surface area contributed by atoms with Crippen molar-refractivity contribution in [2.24, 2.45) is 14.1 Å². The maximum Gasteiger partial charge on any atom is 0.330 e. The predicted octanol–water partition coefficient (Wildman–Crippen LogP) is 4.16. The van der Waals surface area contributed by atoms with Gasteiger partial charge in [-0.05, 0) is 41.5 Å². The van der Waals surface area contributed by atoms with Crippen molar-refractivity contribution < 1.29 is 19.1 Å². The standard InChI is InChI=1S/C28H26N6O4/c1-33-14-19(25-26(29)30-15-31-27(25)33)17-8-10-20(23(12-17)37-3)32-28(36)22-13-18-16(9-11-24(35)38-4)6-5-7-21(18)34(22)2/h5-15H,1-4H3,(H,32,36)(H2,29,30,31)/b11-9+. The highest BCUT2D eigenvalue weighted by Crippen LogP contribution is 2.36. The summed E-state index contributed by atoms with van der Waals surface area (Å²) in [5, 5.41) is 4.54. The number of esters is 1. The van der Waals surface area contributed by atoms with E-state index in [4.69, 9.17) is 10.5 Å². The number of nitrogen functional groups attached to an aromatic ring is 1. The Kier molecular flexibility index (Phi) is 6.29. The largest absolute Gasteiger partial charge is 0.495 e. The Bertz CT molecular complexity index is 1750. The Hall–Kier alpha value is -5.12. The molecule has 0 saturated heterocycles. The van der Waals surface area contributed by atoms with E-state index in [1.165, 1.54) is 19.5 Å². The summed E-state index contributed by atoms with van der Waals surface area (Å²) in [6.07, 6.45) is 6.39. The molecule has 0 spiro atoms. The molecule has 5 aromatic rings. The summed E-state index contributed by atoms with van der Waals surface area (Å²) < 4.78 is 14.0. The maximum atomic E-state index is 13.4. The second-order valence-corrected chi connectivity index (χ2v) is 8.71. The molecule has 2 aromatic carbocycles. The molecular formula is C28H26N6O4. The number of methoxy groups -OCH3 is 2. The molecule has 0 unspecified atom stereocenters. The van der Waals surface area contributed by atoms with Crippen molar-refractivity contribution in [2.75, 3.05) is 25.3 Å². The molecular weight excluding hydrogens is 484 g/mol. The van der Waals surface area contributed by atoms with Crippen molar-refractivity contribution in [3.63, 3.8) is 0 Å². The fourth-order valence-electron chi connectivity index (χ4n) is 4.57. The maximum absolute atomic E-state index is 13.4. The molecule has 3 aromatic heterocycles. The van der Waals surface area contributed by atoms with Gasteiger partial charge in [0.05, 0.1) is 25.3 Å². The van der Waals surface area contributed by atoms with Crippen LogP contribution in [0.4, 0.5) is 11.5 Å². The first-order valence-electron chi connectivity index (χ1n) is 11.7. The Labute approximate surface area is 218 Å². The number of ether oxygens (including phenoxy) is 2. The van der Waals surface area contributed by atoms with Crippen LogP contribution < -0.4 is 15.8 Å². The van der Waals surface area contributed by atoms with Crippen LogP contribution in [0.15, 0.2) is 61.1 Å². The lowest BCUT2D eigenvalue weighted by Crippen LogP contribution is -2.16. The first-order chi connectivity index (χ1) is 18.3. The van der Waals surface area contributed by atoms with Gasteiger partial charge >= 0.3 is 5.97 Å². The minimum absolute atomic E-state index is 0.305. The molecule has 0 aliphatic rings. The highest BCUT2D eigenvalue weighted by molar-refractivity contribution is 6.08. The van der Waals surface area contributed by atoms with Crippen molar-refractivity contribution in [1.82, 2.24) is 19.1 Å². The van der Waals surface area contributed by atoms with E-state index in [2.05, 4.69) is 20.0 Å². The van der Waals surface area contributed by atoms with Crippen LogP contribution in [0, 0.1) is 0 Å². The topological polar surface area (TPSA) is 126 Å². The van der Waals surface area contributed by atoms with E-state index in [9.17, 15) is 9.59 Å². The number of nitrogens with one attached hydrogen (secondary N) is 1. The second kappa shape index (κ2) is 9.74. The fraction of sp³-hybridized carbons (Fsp3) is 0.143. The SMILES string of the molecule is COC(=O)/C=C/c1cccc2c1cc(C(=O)Nc1ccc(-c3cn(C)c4ncnc(N)c34)cc1OC)n2C. The van der Waals surface area contributed by atoms with Gasteiger partial charge < -0.3 is 29.7 Å². The van der Waals surface area contributed by atoms with Crippen LogP contribution in [-0.4, -0.2) is 45.2 Å². The average molecular weight is 511 g/mol. The molecule has 0 aliphatic carbocycles. The van der Waals surface area contributed by atoms with Gasteiger partial charge in [-0.25, -0.2) is 14.8 Å². The van der Waals surface area contributed by atoms with Gasteiger partial charge in [-0.3, -0.25) is 4.79 Å². The molecule has 0 fully saturated rings. The van der Waals surface area contributed by atoms with Crippen molar-refractivity contribution in [2.45, 2.75) is 0 Å². The number of anilines is 2. The zero-order chi connectivity index (χ0) is 27.0. The van der Waals surface area contributed by atoms with Crippen LogP contribution in [0.3, 0.4) is 0 Å². The number of fused-ring (bicyclic) bond motifs is 2. The lowest BCUT2D eigenvalue weighted by Gasteiger charge is -2.12. The van der Waals surface area contributed by atoms with Gasteiger partial charge in [0.1, 0.15) is 29.2 Å². The number of amides is 1. The quantitative estimate of drug-likeness (QED) is 0.259. The molecule has 0 radical (unpaired) electrons. The third-order valence-corrected chi connectivity index (χ3v) is 6.50. The molecule has 38 heavy (non-hydrogen) atoms. The fourth-order valence-corrected chi connectivity index (χ4v) is 4.57. The average Bonchev–Trinajstić information content (AvgIpc) is 3.45. The number of aryl methyl sites for hydroxylation is 2. The number of carbonyl (C=O) groups excluding carboxylic acids is 2. The molecule has 0 bridgehead atoms. The normalized spacial score (nSPS) is 11.4. The van der Waals surface area contributed by atoms with Crippen LogP contribution in [0.2, 0.25) is 0 Å². The van der Waals surface area contributed by atoms with Gasteiger partial charge in [0.15, 0.2) is 0 Å². The number of aromatic nitrogens is 4. The van der Waals surface area contributed by atoms with Gasteiger partial charge in [-0.2, -0.15) is 0 Å². The zero-order valence-corrected chi connectivity index (χ0v) is 21.4. The summed E-state index contributed by atoms with van der Waals surface area (Å²) in [4.78, 5) is 33.4. The summed E-state index contributed by atoms with van der Waals surface area (Å²) in [5.41, 5.74) is 11.2.